The van der Waals surface area contributed by atoms with Crippen LogP contribution >= 0.6 is 11.6 Å². The van der Waals surface area contributed by atoms with Gasteiger partial charge in [-0.1, -0.05) is 38.4 Å². The lowest BCUT2D eigenvalue weighted by Gasteiger charge is -2.17. The van der Waals surface area contributed by atoms with Crippen molar-refractivity contribution >= 4 is 11.6 Å². The van der Waals surface area contributed by atoms with Crippen LogP contribution in [0.15, 0.2) is 29.1 Å². The van der Waals surface area contributed by atoms with Gasteiger partial charge >= 0.3 is 0 Å². The molecule has 0 amide bonds. The predicted molar refractivity (Wildman–Crippen MR) is 74.8 cm³/mol. The molecule has 0 saturated carbocycles. The molecule has 4 heteroatoms. The summed E-state index contributed by atoms with van der Waals surface area (Å²) in [7, 11) is 0. The first-order valence-electron chi connectivity index (χ1n) is 5.89. The number of rotatable bonds is 1. The highest BCUT2D eigenvalue weighted by molar-refractivity contribution is 6.30. The van der Waals surface area contributed by atoms with Gasteiger partial charge in [0, 0.05) is 21.7 Å². The lowest BCUT2D eigenvalue weighted by atomic mass is 9.90. The molecule has 0 aliphatic carbocycles. The SMILES string of the molecule is Cc1c(C(C)(C)C)[nH]n(-c2cccc(Cl)c2)c1=O. The van der Waals surface area contributed by atoms with Crippen molar-refractivity contribution in [1.82, 2.24) is 9.78 Å². The predicted octanol–water partition coefficient (Wildman–Crippen LogP) is 3.42. The van der Waals surface area contributed by atoms with Crippen LogP contribution in [0.3, 0.4) is 0 Å². The summed E-state index contributed by atoms with van der Waals surface area (Å²) in [4.78, 5) is 12.2. The first-order chi connectivity index (χ1) is 8.30. The van der Waals surface area contributed by atoms with Gasteiger partial charge in [-0.05, 0) is 25.1 Å². The van der Waals surface area contributed by atoms with Gasteiger partial charge in [0.2, 0.25) is 0 Å². The Kier molecular flexibility index (Phi) is 3.11. The number of H-pyrrole nitrogens is 1. The van der Waals surface area contributed by atoms with E-state index in [0.717, 1.165) is 16.9 Å². The molecule has 0 fully saturated rings. The lowest BCUT2D eigenvalue weighted by Crippen LogP contribution is -2.15. The van der Waals surface area contributed by atoms with Crippen molar-refractivity contribution in [2.45, 2.75) is 33.1 Å². The number of aromatic nitrogens is 2. The van der Waals surface area contributed by atoms with E-state index in [1.807, 2.05) is 19.1 Å². The van der Waals surface area contributed by atoms with Crippen LogP contribution < -0.4 is 5.56 Å². The van der Waals surface area contributed by atoms with E-state index < -0.39 is 0 Å². The van der Waals surface area contributed by atoms with Crippen molar-refractivity contribution in [3.63, 3.8) is 0 Å². The largest absolute Gasteiger partial charge is 0.294 e. The van der Waals surface area contributed by atoms with E-state index in [1.165, 1.54) is 0 Å². The quantitative estimate of drug-likeness (QED) is 0.842. The number of hydrogen-bond donors (Lipinski definition) is 1. The Morgan fingerprint density at radius 2 is 1.94 bits per heavy atom. The topological polar surface area (TPSA) is 37.8 Å². The summed E-state index contributed by atoms with van der Waals surface area (Å²) in [5.74, 6) is 0. The van der Waals surface area contributed by atoms with Crippen LogP contribution in [0.4, 0.5) is 0 Å². The van der Waals surface area contributed by atoms with Gasteiger partial charge in [0.05, 0.1) is 5.69 Å². The molecule has 0 saturated heterocycles. The third kappa shape index (κ3) is 2.23. The lowest BCUT2D eigenvalue weighted by molar-refractivity contribution is 0.557. The monoisotopic (exact) mass is 264 g/mol. The summed E-state index contributed by atoms with van der Waals surface area (Å²) in [6.07, 6.45) is 0. The molecule has 1 aromatic heterocycles. The molecular formula is C14H17ClN2O. The van der Waals surface area contributed by atoms with Crippen LogP contribution in [0.5, 0.6) is 0 Å². The fourth-order valence-electron chi connectivity index (χ4n) is 2.05. The minimum absolute atomic E-state index is 0.0257. The van der Waals surface area contributed by atoms with Crippen LogP contribution in [0, 0.1) is 6.92 Å². The van der Waals surface area contributed by atoms with Crippen molar-refractivity contribution in [2.75, 3.05) is 0 Å². The van der Waals surface area contributed by atoms with Gasteiger partial charge in [0.1, 0.15) is 0 Å². The van der Waals surface area contributed by atoms with Gasteiger partial charge in [-0.3, -0.25) is 9.89 Å². The van der Waals surface area contributed by atoms with Gasteiger partial charge in [-0.25, -0.2) is 4.68 Å². The van der Waals surface area contributed by atoms with Crippen molar-refractivity contribution in [2.24, 2.45) is 0 Å². The molecule has 1 N–H and O–H groups in total. The Hall–Kier alpha value is -1.48. The molecule has 0 aliphatic heterocycles. The van der Waals surface area contributed by atoms with Gasteiger partial charge < -0.3 is 0 Å². The summed E-state index contributed by atoms with van der Waals surface area (Å²) in [5.41, 5.74) is 2.34. The van der Waals surface area contributed by atoms with E-state index in [2.05, 4.69) is 25.9 Å². The van der Waals surface area contributed by atoms with Crippen molar-refractivity contribution in [1.29, 1.82) is 0 Å². The summed E-state index contributed by atoms with van der Waals surface area (Å²) in [6.45, 7) is 8.08. The average Bonchev–Trinajstić information content (AvgIpc) is 2.55. The third-order valence-corrected chi connectivity index (χ3v) is 3.17. The van der Waals surface area contributed by atoms with Gasteiger partial charge in [-0.2, -0.15) is 0 Å². The molecule has 0 unspecified atom stereocenters. The molecule has 0 spiro atoms. The van der Waals surface area contributed by atoms with E-state index in [4.69, 9.17) is 11.6 Å². The molecule has 0 atom stereocenters. The van der Waals surface area contributed by atoms with Crippen LogP contribution in [-0.2, 0) is 5.41 Å². The molecule has 96 valence electrons. The molecule has 2 aromatic rings. The average molecular weight is 265 g/mol. The normalized spacial score (nSPS) is 11.8. The maximum atomic E-state index is 12.2. The first kappa shape index (κ1) is 13.0. The highest BCUT2D eigenvalue weighted by Crippen LogP contribution is 2.23. The molecule has 3 nitrogen and oxygen atoms in total. The minimum Gasteiger partial charge on any atom is -0.294 e. The van der Waals surface area contributed by atoms with Crippen molar-refractivity contribution < 1.29 is 0 Å². The van der Waals surface area contributed by atoms with Gasteiger partial charge in [-0.15, -0.1) is 0 Å². The van der Waals surface area contributed by atoms with Gasteiger partial charge in [0.25, 0.3) is 5.56 Å². The zero-order valence-electron chi connectivity index (χ0n) is 11.0. The fraction of sp³-hybridized carbons (Fsp3) is 0.357. The number of aromatic amines is 1. The Labute approximate surface area is 111 Å². The Balaban J connectivity index is 2.64. The Bertz CT molecular complexity index is 632. The first-order valence-corrected chi connectivity index (χ1v) is 6.26. The molecule has 2 rings (SSSR count). The van der Waals surface area contributed by atoms with E-state index in [1.54, 1.807) is 16.8 Å². The van der Waals surface area contributed by atoms with Crippen LogP contribution in [0.25, 0.3) is 5.69 Å². The number of hydrogen-bond acceptors (Lipinski definition) is 1. The van der Waals surface area contributed by atoms with E-state index >= 15 is 0 Å². The second-order valence-electron chi connectivity index (χ2n) is 5.48. The maximum Gasteiger partial charge on any atom is 0.274 e. The highest BCUT2D eigenvalue weighted by atomic mass is 35.5. The molecule has 0 bridgehead atoms. The number of halogens is 1. The zero-order valence-corrected chi connectivity index (χ0v) is 11.8. The second kappa shape index (κ2) is 4.32. The smallest absolute Gasteiger partial charge is 0.274 e. The standard InChI is InChI=1S/C14H17ClN2O/c1-9-12(14(2,3)4)16-17(13(9)18)11-7-5-6-10(15)8-11/h5-8,16H,1-4H3. The van der Waals surface area contributed by atoms with Gasteiger partial charge in [0.15, 0.2) is 0 Å². The van der Waals surface area contributed by atoms with Crippen molar-refractivity contribution in [3.8, 4) is 5.69 Å². The summed E-state index contributed by atoms with van der Waals surface area (Å²) < 4.78 is 1.54. The molecule has 0 radical (unpaired) electrons. The zero-order chi connectivity index (χ0) is 13.5. The summed E-state index contributed by atoms with van der Waals surface area (Å²) in [6, 6.07) is 7.24. The number of nitrogens with one attached hydrogen (secondary N) is 1. The molecule has 0 aliphatic rings. The third-order valence-electron chi connectivity index (χ3n) is 2.94. The van der Waals surface area contributed by atoms with E-state index in [9.17, 15) is 4.79 Å². The van der Waals surface area contributed by atoms with E-state index in [-0.39, 0.29) is 11.0 Å². The fourth-order valence-corrected chi connectivity index (χ4v) is 2.23. The Morgan fingerprint density at radius 3 is 2.44 bits per heavy atom. The van der Waals surface area contributed by atoms with Crippen LogP contribution in [-0.4, -0.2) is 9.78 Å². The number of benzene rings is 1. The van der Waals surface area contributed by atoms with Crippen LogP contribution in [0.1, 0.15) is 32.0 Å². The number of nitrogens with zero attached hydrogens (tertiary/aromatic N) is 1. The highest BCUT2D eigenvalue weighted by Gasteiger charge is 2.22. The van der Waals surface area contributed by atoms with E-state index in [0.29, 0.717) is 5.02 Å². The molecule has 1 aromatic carbocycles. The molecule has 1 heterocycles. The van der Waals surface area contributed by atoms with Crippen molar-refractivity contribution in [3.05, 3.63) is 50.9 Å². The summed E-state index contributed by atoms with van der Waals surface area (Å²) in [5, 5.41) is 3.79. The summed E-state index contributed by atoms with van der Waals surface area (Å²) >= 11 is 5.95. The maximum absolute atomic E-state index is 12.2. The molecular weight excluding hydrogens is 248 g/mol. The van der Waals surface area contributed by atoms with Crippen LogP contribution in [0.2, 0.25) is 5.02 Å². The minimum atomic E-state index is -0.0902. The second-order valence-corrected chi connectivity index (χ2v) is 5.92. The Morgan fingerprint density at radius 1 is 1.28 bits per heavy atom. The molecule has 18 heavy (non-hydrogen) atoms.